The third kappa shape index (κ3) is 2.41. The number of carboxylic acids is 1. The van der Waals surface area contributed by atoms with Crippen LogP contribution < -0.4 is 5.32 Å². The number of aryl methyl sites for hydroxylation is 3. The minimum absolute atomic E-state index is 0.278. The van der Waals surface area contributed by atoms with Crippen molar-refractivity contribution in [2.45, 2.75) is 32.7 Å². The molecule has 2 aromatic heterocycles. The van der Waals surface area contributed by atoms with Crippen LogP contribution in [0.1, 0.15) is 38.5 Å². The molecule has 0 bridgehead atoms. The van der Waals surface area contributed by atoms with Crippen LogP contribution in [0.25, 0.3) is 0 Å². The van der Waals surface area contributed by atoms with Gasteiger partial charge in [0.15, 0.2) is 0 Å². The van der Waals surface area contributed by atoms with E-state index in [0.717, 1.165) is 30.5 Å². The normalized spacial score (nSPS) is 13.2. The number of aromatic nitrogens is 1. The molecule has 4 nitrogen and oxygen atoms in total. The molecule has 20 heavy (non-hydrogen) atoms. The molecular formula is C15H16N2O2S. The molecule has 0 atom stereocenters. The average molecular weight is 288 g/mol. The van der Waals surface area contributed by atoms with E-state index in [2.05, 4.69) is 23.3 Å². The fourth-order valence-corrected chi connectivity index (χ4v) is 3.36. The van der Waals surface area contributed by atoms with Gasteiger partial charge in [-0.1, -0.05) is 0 Å². The number of carbonyl (C=O) groups is 1. The first-order valence-electron chi connectivity index (χ1n) is 6.68. The van der Waals surface area contributed by atoms with Gasteiger partial charge in [0, 0.05) is 10.6 Å². The summed E-state index contributed by atoms with van der Waals surface area (Å²) in [6.07, 6.45) is 2.95. The molecule has 1 aliphatic rings. The Morgan fingerprint density at radius 2 is 2.35 bits per heavy atom. The van der Waals surface area contributed by atoms with E-state index in [9.17, 15) is 9.90 Å². The molecule has 0 saturated carbocycles. The molecule has 2 heterocycles. The Morgan fingerprint density at radius 3 is 3.05 bits per heavy atom. The van der Waals surface area contributed by atoms with Crippen molar-refractivity contribution in [1.29, 1.82) is 0 Å². The molecule has 0 fully saturated rings. The molecule has 0 aliphatic heterocycles. The second-order valence-corrected chi connectivity index (χ2v) is 6.03. The third-order valence-electron chi connectivity index (χ3n) is 3.67. The molecule has 2 N–H and O–H groups in total. The molecule has 0 saturated heterocycles. The summed E-state index contributed by atoms with van der Waals surface area (Å²) < 4.78 is 0. The first-order chi connectivity index (χ1) is 9.65. The average Bonchev–Trinajstić information content (AvgIpc) is 3.03. The lowest BCUT2D eigenvalue weighted by atomic mass is 10.1. The van der Waals surface area contributed by atoms with E-state index in [1.165, 1.54) is 10.4 Å². The first-order valence-corrected chi connectivity index (χ1v) is 7.56. The van der Waals surface area contributed by atoms with Crippen molar-refractivity contribution in [3.05, 3.63) is 44.8 Å². The first kappa shape index (κ1) is 13.1. The Hall–Kier alpha value is -1.88. The van der Waals surface area contributed by atoms with Crippen molar-refractivity contribution < 1.29 is 9.90 Å². The maximum Gasteiger partial charge on any atom is 0.339 e. The molecule has 0 spiro atoms. The fraction of sp³-hybridized carbons (Fsp3) is 0.333. The number of hydrogen-bond donors (Lipinski definition) is 2. The van der Waals surface area contributed by atoms with Crippen molar-refractivity contribution >= 4 is 23.1 Å². The number of aromatic carboxylic acids is 1. The van der Waals surface area contributed by atoms with Crippen molar-refractivity contribution in [3.63, 3.8) is 0 Å². The van der Waals surface area contributed by atoms with Gasteiger partial charge < -0.3 is 10.4 Å². The zero-order valence-corrected chi connectivity index (χ0v) is 12.1. The highest BCUT2D eigenvalue weighted by Crippen LogP contribution is 2.26. The monoisotopic (exact) mass is 288 g/mol. The SMILES string of the molecule is Cc1ccsc1CNc1nc2c(cc1C(=O)O)CCC2. The Balaban J connectivity index is 1.88. The summed E-state index contributed by atoms with van der Waals surface area (Å²) in [4.78, 5) is 17.1. The van der Waals surface area contributed by atoms with Crippen molar-refractivity contribution in [3.8, 4) is 0 Å². The lowest BCUT2D eigenvalue weighted by molar-refractivity contribution is 0.0697. The predicted octanol–water partition coefficient (Wildman–Crippen LogP) is 3.25. The van der Waals surface area contributed by atoms with E-state index >= 15 is 0 Å². The molecular weight excluding hydrogens is 272 g/mol. The molecule has 0 radical (unpaired) electrons. The van der Waals surface area contributed by atoms with Gasteiger partial charge in [0.2, 0.25) is 0 Å². The molecule has 0 unspecified atom stereocenters. The summed E-state index contributed by atoms with van der Waals surface area (Å²) in [5.74, 6) is -0.427. The van der Waals surface area contributed by atoms with Crippen molar-refractivity contribution in [1.82, 2.24) is 4.98 Å². The zero-order chi connectivity index (χ0) is 14.1. The van der Waals surface area contributed by atoms with Crippen LogP contribution in [0.3, 0.4) is 0 Å². The largest absolute Gasteiger partial charge is 0.478 e. The number of anilines is 1. The Bertz CT molecular complexity index is 664. The smallest absolute Gasteiger partial charge is 0.339 e. The molecule has 1 aliphatic carbocycles. The van der Waals surface area contributed by atoms with Gasteiger partial charge in [-0.25, -0.2) is 9.78 Å². The van der Waals surface area contributed by atoms with Crippen LogP contribution in [0, 0.1) is 6.92 Å². The fourth-order valence-electron chi connectivity index (χ4n) is 2.52. The second-order valence-electron chi connectivity index (χ2n) is 5.03. The third-order valence-corrected chi connectivity index (χ3v) is 4.69. The zero-order valence-electron chi connectivity index (χ0n) is 11.3. The standard InChI is InChI=1S/C15H16N2O2S/c1-9-5-6-20-13(9)8-16-14-11(15(18)19)7-10-3-2-4-12(10)17-14/h5-7H,2-4,8H2,1H3,(H,16,17)(H,18,19). The predicted molar refractivity (Wildman–Crippen MR) is 79.6 cm³/mol. The van der Waals surface area contributed by atoms with Gasteiger partial charge in [0.1, 0.15) is 11.4 Å². The quantitative estimate of drug-likeness (QED) is 0.906. The van der Waals surface area contributed by atoms with E-state index in [4.69, 9.17) is 0 Å². The summed E-state index contributed by atoms with van der Waals surface area (Å²) in [5, 5.41) is 14.6. The van der Waals surface area contributed by atoms with Crippen LogP contribution in [0.5, 0.6) is 0 Å². The van der Waals surface area contributed by atoms with Gasteiger partial charge in [-0.05, 0) is 54.8 Å². The Kier molecular flexibility index (Phi) is 3.44. The lowest BCUT2D eigenvalue weighted by Crippen LogP contribution is -2.10. The number of rotatable bonds is 4. The van der Waals surface area contributed by atoms with E-state index < -0.39 is 5.97 Å². The summed E-state index contributed by atoms with van der Waals surface area (Å²) in [7, 11) is 0. The van der Waals surface area contributed by atoms with Crippen molar-refractivity contribution in [2.24, 2.45) is 0 Å². The van der Waals surface area contributed by atoms with Crippen LogP contribution in [0.2, 0.25) is 0 Å². The second kappa shape index (κ2) is 5.25. The number of fused-ring (bicyclic) bond motifs is 1. The van der Waals surface area contributed by atoms with E-state index in [-0.39, 0.29) is 5.56 Å². The summed E-state index contributed by atoms with van der Waals surface area (Å²) in [6, 6.07) is 3.84. The van der Waals surface area contributed by atoms with Gasteiger partial charge in [-0.3, -0.25) is 0 Å². The Labute approximate surface area is 121 Å². The van der Waals surface area contributed by atoms with E-state index in [1.54, 1.807) is 17.4 Å². The minimum Gasteiger partial charge on any atom is -0.478 e. The molecule has 0 aromatic carbocycles. The van der Waals surface area contributed by atoms with Gasteiger partial charge in [0.25, 0.3) is 0 Å². The number of hydrogen-bond acceptors (Lipinski definition) is 4. The highest BCUT2D eigenvalue weighted by atomic mass is 32.1. The van der Waals surface area contributed by atoms with Gasteiger partial charge in [0.05, 0.1) is 6.54 Å². The van der Waals surface area contributed by atoms with Crippen LogP contribution in [-0.2, 0) is 19.4 Å². The molecule has 5 heteroatoms. The number of thiophene rings is 1. The number of carboxylic acid groups (broad SMARTS) is 1. The topological polar surface area (TPSA) is 62.2 Å². The maximum absolute atomic E-state index is 11.4. The van der Waals surface area contributed by atoms with Crippen LogP contribution in [0.4, 0.5) is 5.82 Å². The highest BCUT2D eigenvalue weighted by molar-refractivity contribution is 7.10. The molecule has 0 amide bonds. The van der Waals surface area contributed by atoms with Crippen LogP contribution in [0.15, 0.2) is 17.5 Å². The number of nitrogens with one attached hydrogen (secondary N) is 1. The van der Waals surface area contributed by atoms with Crippen LogP contribution >= 0.6 is 11.3 Å². The van der Waals surface area contributed by atoms with E-state index in [1.807, 2.05) is 5.38 Å². The van der Waals surface area contributed by atoms with Crippen molar-refractivity contribution in [2.75, 3.05) is 5.32 Å². The summed E-state index contributed by atoms with van der Waals surface area (Å²) in [5.41, 5.74) is 3.63. The number of pyridine rings is 1. The molecule has 2 aromatic rings. The Morgan fingerprint density at radius 1 is 1.50 bits per heavy atom. The lowest BCUT2D eigenvalue weighted by Gasteiger charge is -2.11. The molecule has 3 rings (SSSR count). The molecule has 104 valence electrons. The number of nitrogens with zero attached hydrogens (tertiary/aromatic N) is 1. The summed E-state index contributed by atoms with van der Waals surface area (Å²) >= 11 is 1.67. The van der Waals surface area contributed by atoms with Gasteiger partial charge in [-0.15, -0.1) is 11.3 Å². The highest BCUT2D eigenvalue weighted by Gasteiger charge is 2.19. The summed E-state index contributed by atoms with van der Waals surface area (Å²) in [6.45, 7) is 2.68. The van der Waals surface area contributed by atoms with E-state index in [0.29, 0.717) is 12.4 Å². The maximum atomic E-state index is 11.4. The minimum atomic E-state index is -0.919. The van der Waals surface area contributed by atoms with Crippen LogP contribution in [-0.4, -0.2) is 16.1 Å². The van der Waals surface area contributed by atoms with Gasteiger partial charge >= 0.3 is 5.97 Å². The van der Waals surface area contributed by atoms with Gasteiger partial charge in [-0.2, -0.15) is 0 Å².